The van der Waals surface area contributed by atoms with Crippen LogP contribution >= 0.6 is 0 Å². The van der Waals surface area contributed by atoms with Gasteiger partial charge in [0, 0.05) is 19.3 Å². The SMILES string of the molecule is CCCCCC/C=C\C/C=C\CCCCCCCC(=O)OC(COC(=O)CCCCCCCCC/C=C\CCCCCCCCC)COC(=O)CCCCCCCCCCC. The summed E-state index contributed by atoms with van der Waals surface area (Å²) in [6, 6.07) is 0. The summed E-state index contributed by atoms with van der Waals surface area (Å²) in [4.78, 5) is 37.9. The minimum atomic E-state index is -0.777. The first-order chi connectivity index (χ1) is 30.0. The fourth-order valence-corrected chi connectivity index (χ4v) is 7.59. The molecule has 0 aliphatic heterocycles. The first-order valence-corrected chi connectivity index (χ1v) is 26.5. The summed E-state index contributed by atoms with van der Waals surface area (Å²) in [6.45, 7) is 6.60. The van der Waals surface area contributed by atoms with E-state index in [2.05, 4.69) is 57.2 Å². The van der Waals surface area contributed by atoms with Gasteiger partial charge in [0.25, 0.3) is 0 Å². The number of rotatable bonds is 48. The zero-order valence-electron chi connectivity index (χ0n) is 40.7. The Hall–Kier alpha value is -2.37. The van der Waals surface area contributed by atoms with E-state index in [0.717, 1.165) is 83.5 Å². The van der Waals surface area contributed by atoms with Crippen LogP contribution in [0.2, 0.25) is 0 Å². The largest absolute Gasteiger partial charge is 0.462 e. The minimum absolute atomic E-state index is 0.0769. The van der Waals surface area contributed by atoms with Gasteiger partial charge in [-0.3, -0.25) is 14.4 Å². The molecule has 0 saturated heterocycles. The van der Waals surface area contributed by atoms with E-state index in [0.29, 0.717) is 19.3 Å². The van der Waals surface area contributed by atoms with E-state index in [4.69, 9.17) is 14.2 Å². The average Bonchev–Trinajstić information content (AvgIpc) is 3.26. The lowest BCUT2D eigenvalue weighted by Crippen LogP contribution is -2.30. The molecule has 1 atom stereocenters. The lowest BCUT2D eigenvalue weighted by atomic mass is 10.1. The van der Waals surface area contributed by atoms with E-state index in [1.807, 2.05) is 0 Å². The van der Waals surface area contributed by atoms with Crippen LogP contribution in [0.3, 0.4) is 0 Å². The molecule has 0 radical (unpaired) electrons. The maximum atomic E-state index is 12.8. The predicted molar refractivity (Wildman–Crippen MR) is 261 cm³/mol. The van der Waals surface area contributed by atoms with Gasteiger partial charge < -0.3 is 14.2 Å². The third-order valence-electron chi connectivity index (χ3n) is 11.6. The van der Waals surface area contributed by atoms with Crippen molar-refractivity contribution in [2.45, 2.75) is 284 Å². The van der Waals surface area contributed by atoms with Crippen LogP contribution in [0.25, 0.3) is 0 Å². The van der Waals surface area contributed by atoms with E-state index in [9.17, 15) is 14.4 Å². The highest BCUT2D eigenvalue weighted by atomic mass is 16.6. The molecule has 0 amide bonds. The Morgan fingerprint density at radius 1 is 0.328 bits per heavy atom. The van der Waals surface area contributed by atoms with Crippen molar-refractivity contribution in [2.75, 3.05) is 13.2 Å². The van der Waals surface area contributed by atoms with Crippen LogP contribution in [0.5, 0.6) is 0 Å². The number of carbonyl (C=O) groups is 3. The number of hydrogen-bond acceptors (Lipinski definition) is 6. The van der Waals surface area contributed by atoms with E-state index in [-0.39, 0.29) is 31.1 Å². The van der Waals surface area contributed by atoms with Crippen LogP contribution in [0.1, 0.15) is 278 Å². The predicted octanol–water partition coefficient (Wildman–Crippen LogP) is 17.3. The monoisotopic (exact) mass is 857 g/mol. The van der Waals surface area contributed by atoms with Crippen molar-refractivity contribution in [3.8, 4) is 0 Å². The standard InChI is InChI=1S/C55H100O6/c1-4-7-10-13-16-19-21-23-25-27-28-30-31-33-36-39-42-45-48-54(57)60-51-52(50-59-53(56)47-44-41-38-35-18-15-12-9-6-3)61-55(58)49-46-43-40-37-34-32-29-26-24-22-20-17-14-11-8-5-2/h20,22,25-27,29,52H,4-19,21,23-24,28,30-51H2,1-3H3/b22-20-,27-25-,29-26-. The molecule has 0 aromatic carbocycles. The van der Waals surface area contributed by atoms with Gasteiger partial charge in [0.15, 0.2) is 6.10 Å². The van der Waals surface area contributed by atoms with Crippen molar-refractivity contribution < 1.29 is 28.6 Å². The number of carbonyl (C=O) groups excluding carboxylic acids is 3. The molecule has 0 aliphatic carbocycles. The zero-order chi connectivity index (χ0) is 44.4. The van der Waals surface area contributed by atoms with Crippen LogP contribution in [0.15, 0.2) is 36.5 Å². The first-order valence-electron chi connectivity index (χ1n) is 26.5. The van der Waals surface area contributed by atoms with Gasteiger partial charge in [-0.25, -0.2) is 0 Å². The summed E-state index contributed by atoms with van der Waals surface area (Å²) in [5.41, 5.74) is 0. The molecule has 6 nitrogen and oxygen atoms in total. The highest BCUT2D eigenvalue weighted by molar-refractivity contribution is 5.71. The molecule has 1 unspecified atom stereocenters. The van der Waals surface area contributed by atoms with Crippen LogP contribution in [0, 0.1) is 0 Å². The number of esters is 3. The average molecular weight is 857 g/mol. The maximum absolute atomic E-state index is 12.8. The van der Waals surface area contributed by atoms with Crippen molar-refractivity contribution in [1.29, 1.82) is 0 Å². The number of unbranched alkanes of at least 4 members (excludes halogenated alkanes) is 31. The fraction of sp³-hybridized carbons (Fsp3) is 0.836. The molecule has 0 bridgehead atoms. The quantitative estimate of drug-likeness (QED) is 0.0262. The van der Waals surface area contributed by atoms with Crippen molar-refractivity contribution in [2.24, 2.45) is 0 Å². The number of hydrogen-bond donors (Lipinski definition) is 0. The smallest absolute Gasteiger partial charge is 0.306 e. The summed E-state index contributed by atoms with van der Waals surface area (Å²) >= 11 is 0. The highest BCUT2D eigenvalue weighted by Crippen LogP contribution is 2.15. The zero-order valence-corrected chi connectivity index (χ0v) is 40.7. The van der Waals surface area contributed by atoms with Gasteiger partial charge in [0.05, 0.1) is 0 Å². The van der Waals surface area contributed by atoms with E-state index >= 15 is 0 Å². The highest BCUT2D eigenvalue weighted by Gasteiger charge is 2.19. The van der Waals surface area contributed by atoms with Gasteiger partial charge in [-0.15, -0.1) is 0 Å². The van der Waals surface area contributed by atoms with E-state index < -0.39 is 6.10 Å². The van der Waals surface area contributed by atoms with Gasteiger partial charge in [0.1, 0.15) is 13.2 Å². The minimum Gasteiger partial charge on any atom is -0.462 e. The van der Waals surface area contributed by atoms with E-state index in [1.165, 1.54) is 154 Å². The van der Waals surface area contributed by atoms with E-state index in [1.54, 1.807) is 0 Å². The summed E-state index contributed by atoms with van der Waals surface area (Å²) < 4.78 is 16.8. The second-order valence-electron chi connectivity index (χ2n) is 17.8. The molecule has 61 heavy (non-hydrogen) atoms. The Morgan fingerprint density at radius 3 is 0.934 bits per heavy atom. The second kappa shape index (κ2) is 50.3. The molecule has 6 heteroatoms. The molecule has 0 heterocycles. The normalized spacial score (nSPS) is 12.2. The lowest BCUT2D eigenvalue weighted by molar-refractivity contribution is -0.167. The van der Waals surface area contributed by atoms with Gasteiger partial charge in [-0.2, -0.15) is 0 Å². The molecule has 0 aromatic rings. The molecule has 0 spiro atoms. The maximum Gasteiger partial charge on any atom is 0.306 e. The van der Waals surface area contributed by atoms with Crippen LogP contribution in [-0.2, 0) is 28.6 Å². The van der Waals surface area contributed by atoms with Crippen molar-refractivity contribution in [3.05, 3.63) is 36.5 Å². The summed E-state index contributed by atoms with van der Waals surface area (Å²) in [5.74, 6) is -0.888. The molecular formula is C55H100O6. The third-order valence-corrected chi connectivity index (χ3v) is 11.6. The van der Waals surface area contributed by atoms with Crippen molar-refractivity contribution in [3.63, 3.8) is 0 Å². The third kappa shape index (κ3) is 48.5. The molecule has 0 rings (SSSR count). The molecular weight excluding hydrogens is 757 g/mol. The molecule has 0 aromatic heterocycles. The van der Waals surface area contributed by atoms with Gasteiger partial charge in [-0.1, -0.05) is 218 Å². The number of allylic oxidation sites excluding steroid dienone is 6. The van der Waals surface area contributed by atoms with Crippen LogP contribution in [0.4, 0.5) is 0 Å². The Bertz CT molecular complexity index is 1030. The van der Waals surface area contributed by atoms with Crippen molar-refractivity contribution in [1.82, 2.24) is 0 Å². The topological polar surface area (TPSA) is 78.9 Å². The Labute approximate surface area is 378 Å². The lowest BCUT2D eigenvalue weighted by Gasteiger charge is -2.18. The molecule has 0 fully saturated rings. The summed E-state index contributed by atoms with van der Waals surface area (Å²) in [6.07, 6.45) is 58.4. The van der Waals surface area contributed by atoms with Crippen LogP contribution < -0.4 is 0 Å². The summed E-state index contributed by atoms with van der Waals surface area (Å²) in [5, 5.41) is 0. The van der Waals surface area contributed by atoms with Gasteiger partial charge >= 0.3 is 17.9 Å². The van der Waals surface area contributed by atoms with Gasteiger partial charge in [-0.05, 0) is 77.0 Å². The second-order valence-corrected chi connectivity index (χ2v) is 17.8. The number of ether oxygens (including phenoxy) is 3. The van der Waals surface area contributed by atoms with Gasteiger partial charge in [0.2, 0.25) is 0 Å². The Morgan fingerprint density at radius 2 is 0.590 bits per heavy atom. The van der Waals surface area contributed by atoms with Crippen LogP contribution in [-0.4, -0.2) is 37.2 Å². The molecule has 0 saturated carbocycles. The summed E-state index contributed by atoms with van der Waals surface area (Å²) in [7, 11) is 0. The Kier molecular flexibility index (Phi) is 48.3. The first kappa shape index (κ1) is 58.6. The Balaban J connectivity index is 4.32. The fourth-order valence-electron chi connectivity index (χ4n) is 7.59. The van der Waals surface area contributed by atoms with Crippen molar-refractivity contribution >= 4 is 17.9 Å². The molecule has 0 aliphatic rings. The molecule has 0 N–H and O–H groups in total. The molecule has 356 valence electrons.